The van der Waals surface area contributed by atoms with Gasteiger partial charge in [0.05, 0.1) is 6.54 Å². The van der Waals surface area contributed by atoms with Crippen LogP contribution in [-0.2, 0) is 0 Å². The predicted molar refractivity (Wildman–Crippen MR) is 57.7 cm³/mol. The molecule has 2 aliphatic heterocycles. The van der Waals surface area contributed by atoms with Crippen LogP contribution in [0.2, 0.25) is 0 Å². The zero-order chi connectivity index (χ0) is 14.2. The first-order valence-corrected chi connectivity index (χ1v) is 5.90. The van der Waals surface area contributed by atoms with E-state index in [4.69, 9.17) is 5.11 Å². The summed E-state index contributed by atoms with van der Waals surface area (Å²) in [5.74, 6) is 0. The number of carboxylic acid groups (broad SMARTS) is 1. The maximum absolute atomic E-state index is 12.5. The summed E-state index contributed by atoms with van der Waals surface area (Å²) < 4.78 is 37.5. The third-order valence-corrected chi connectivity index (χ3v) is 3.51. The van der Waals surface area contributed by atoms with Crippen LogP contribution >= 0.6 is 0 Å². The Labute approximate surface area is 107 Å². The molecule has 19 heavy (non-hydrogen) atoms. The highest BCUT2D eigenvalue weighted by atomic mass is 19.4. The molecule has 6 nitrogen and oxygen atoms in total. The SMILES string of the molecule is O=C(O)N1CCC(N2CC(C(F)(F)F)NC2=O)CC1. The second kappa shape index (κ2) is 4.78. The van der Waals surface area contributed by atoms with E-state index in [2.05, 4.69) is 0 Å². The summed E-state index contributed by atoms with van der Waals surface area (Å²) in [6, 6.07) is -2.89. The highest BCUT2D eigenvalue weighted by Gasteiger charge is 2.48. The maximum Gasteiger partial charge on any atom is 0.410 e. The van der Waals surface area contributed by atoms with Gasteiger partial charge < -0.3 is 20.2 Å². The first kappa shape index (κ1) is 13.8. The summed E-state index contributed by atoms with van der Waals surface area (Å²) in [4.78, 5) is 24.6. The van der Waals surface area contributed by atoms with Crippen molar-refractivity contribution in [2.24, 2.45) is 0 Å². The third-order valence-electron chi connectivity index (χ3n) is 3.51. The number of carbonyl (C=O) groups excluding carboxylic acids is 1. The summed E-state index contributed by atoms with van der Waals surface area (Å²) in [7, 11) is 0. The zero-order valence-corrected chi connectivity index (χ0v) is 9.98. The molecule has 2 rings (SSSR count). The van der Waals surface area contributed by atoms with Crippen LogP contribution in [0.5, 0.6) is 0 Å². The molecule has 2 saturated heterocycles. The van der Waals surface area contributed by atoms with Crippen molar-refractivity contribution in [3.63, 3.8) is 0 Å². The number of likely N-dealkylation sites (tertiary alicyclic amines) is 1. The Morgan fingerprint density at radius 1 is 1.32 bits per heavy atom. The number of urea groups is 1. The van der Waals surface area contributed by atoms with Gasteiger partial charge in [-0.3, -0.25) is 0 Å². The molecule has 2 N–H and O–H groups in total. The number of amides is 3. The van der Waals surface area contributed by atoms with Crippen LogP contribution in [0.1, 0.15) is 12.8 Å². The Morgan fingerprint density at radius 3 is 2.32 bits per heavy atom. The van der Waals surface area contributed by atoms with E-state index in [0.717, 1.165) is 4.90 Å². The largest absolute Gasteiger partial charge is 0.465 e. The number of rotatable bonds is 1. The smallest absolute Gasteiger partial charge is 0.410 e. The van der Waals surface area contributed by atoms with Crippen molar-refractivity contribution in [2.75, 3.05) is 19.6 Å². The maximum atomic E-state index is 12.5. The minimum Gasteiger partial charge on any atom is -0.465 e. The quantitative estimate of drug-likeness (QED) is 0.755. The molecule has 2 fully saturated rings. The average molecular weight is 281 g/mol. The van der Waals surface area contributed by atoms with Gasteiger partial charge in [0.15, 0.2) is 0 Å². The number of hydrogen-bond acceptors (Lipinski definition) is 2. The molecule has 2 aliphatic rings. The molecule has 0 aliphatic carbocycles. The van der Waals surface area contributed by atoms with E-state index < -0.39 is 30.9 Å². The zero-order valence-electron chi connectivity index (χ0n) is 9.98. The third kappa shape index (κ3) is 2.85. The van der Waals surface area contributed by atoms with Gasteiger partial charge in [0.2, 0.25) is 0 Å². The summed E-state index contributed by atoms with van der Waals surface area (Å²) >= 11 is 0. The first-order valence-electron chi connectivity index (χ1n) is 5.90. The van der Waals surface area contributed by atoms with E-state index in [-0.39, 0.29) is 19.1 Å². The molecule has 0 bridgehead atoms. The lowest BCUT2D eigenvalue weighted by Crippen LogP contribution is -2.47. The number of piperidine rings is 1. The molecule has 2 heterocycles. The van der Waals surface area contributed by atoms with Gasteiger partial charge in [0.25, 0.3) is 0 Å². The van der Waals surface area contributed by atoms with Gasteiger partial charge in [0.1, 0.15) is 6.04 Å². The molecule has 0 radical (unpaired) electrons. The van der Waals surface area contributed by atoms with E-state index in [1.807, 2.05) is 5.32 Å². The topological polar surface area (TPSA) is 72.9 Å². The second-order valence-electron chi connectivity index (χ2n) is 4.70. The van der Waals surface area contributed by atoms with Crippen LogP contribution < -0.4 is 5.32 Å². The summed E-state index contributed by atoms with van der Waals surface area (Å²) in [5.41, 5.74) is 0. The molecule has 1 unspecified atom stereocenters. The van der Waals surface area contributed by atoms with Crippen molar-refractivity contribution >= 4 is 12.1 Å². The van der Waals surface area contributed by atoms with Gasteiger partial charge in [-0.05, 0) is 12.8 Å². The fourth-order valence-electron chi connectivity index (χ4n) is 2.43. The second-order valence-corrected chi connectivity index (χ2v) is 4.70. The summed E-state index contributed by atoms with van der Waals surface area (Å²) in [6.45, 7) is 0.0704. The van der Waals surface area contributed by atoms with Crippen LogP contribution in [-0.4, -0.2) is 64.9 Å². The molecule has 0 saturated carbocycles. The number of halogens is 3. The Bertz CT molecular complexity index is 380. The summed E-state index contributed by atoms with van der Waals surface area (Å²) in [5, 5.41) is 10.7. The number of carbonyl (C=O) groups is 2. The number of hydrogen-bond donors (Lipinski definition) is 2. The van der Waals surface area contributed by atoms with Crippen LogP contribution in [0.15, 0.2) is 0 Å². The molecular formula is C10H14F3N3O3. The molecule has 0 aromatic carbocycles. The van der Waals surface area contributed by atoms with Gasteiger partial charge in [-0.15, -0.1) is 0 Å². The lowest BCUT2D eigenvalue weighted by Gasteiger charge is -2.34. The molecule has 0 spiro atoms. The molecular weight excluding hydrogens is 267 g/mol. The Morgan fingerprint density at radius 2 is 1.89 bits per heavy atom. The standard InChI is InChI=1S/C10H14F3N3O3/c11-10(12,13)7-5-16(8(17)14-7)6-1-3-15(4-2-6)9(18)19/h6-7H,1-5H2,(H,14,17)(H,18,19). The van der Waals surface area contributed by atoms with Crippen molar-refractivity contribution in [1.29, 1.82) is 0 Å². The molecule has 3 amide bonds. The normalized spacial score (nSPS) is 25.6. The molecule has 108 valence electrons. The Kier molecular flexibility index (Phi) is 3.46. The lowest BCUT2D eigenvalue weighted by atomic mass is 10.0. The number of nitrogens with zero attached hydrogens (tertiary/aromatic N) is 2. The Hall–Kier alpha value is -1.67. The van der Waals surface area contributed by atoms with Gasteiger partial charge in [-0.2, -0.15) is 13.2 Å². The Balaban J connectivity index is 1.94. The van der Waals surface area contributed by atoms with E-state index >= 15 is 0 Å². The first-order chi connectivity index (χ1) is 8.79. The van der Waals surface area contributed by atoms with Crippen molar-refractivity contribution in [2.45, 2.75) is 31.1 Å². The van der Waals surface area contributed by atoms with Crippen molar-refractivity contribution < 1.29 is 27.9 Å². The summed E-state index contributed by atoms with van der Waals surface area (Å²) in [6.07, 6.45) is -4.77. The lowest BCUT2D eigenvalue weighted by molar-refractivity contribution is -0.150. The molecule has 0 aromatic heterocycles. The predicted octanol–water partition coefficient (Wildman–Crippen LogP) is 1.08. The van der Waals surface area contributed by atoms with Crippen LogP contribution in [0, 0.1) is 0 Å². The van der Waals surface area contributed by atoms with Gasteiger partial charge in [-0.1, -0.05) is 0 Å². The monoisotopic (exact) mass is 281 g/mol. The van der Waals surface area contributed by atoms with Gasteiger partial charge >= 0.3 is 18.3 Å². The van der Waals surface area contributed by atoms with E-state index in [1.54, 1.807) is 0 Å². The molecule has 0 aromatic rings. The highest BCUT2D eigenvalue weighted by Crippen LogP contribution is 2.27. The fourth-order valence-corrected chi connectivity index (χ4v) is 2.43. The van der Waals surface area contributed by atoms with Crippen LogP contribution in [0.4, 0.5) is 22.8 Å². The average Bonchev–Trinajstić information content (AvgIpc) is 2.71. The van der Waals surface area contributed by atoms with Gasteiger partial charge in [-0.25, -0.2) is 9.59 Å². The molecule has 1 atom stereocenters. The van der Waals surface area contributed by atoms with Crippen molar-refractivity contribution in [3.05, 3.63) is 0 Å². The van der Waals surface area contributed by atoms with Crippen molar-refractivity contribution in [1.82, 2.24) is 15.1 Å². The number of alkyl halides is 3. The van der Waals surface area contributed by atoms with E-state index in [0.29, 0.717) is 12.8 Å². The van der Waals surface area contributed by atoms with Crippen LogP contribution in [0.25, 0.3) is 0 Å². The van der Waals surface area contributed by atoms with Gasteiger partial charge in [0, 0.05) is 19.1 Å². The van der Waals surface area contributed by atoms with Crippen molar-refractivity contribution in [3.8, 4) is 0 Å². The minimum absolute atomic E-state index is 0.237. The van der Waals surface area contributed by atoms with Crippen LogP contribution in [0.3, 0.4) is 0 Å². The van der Waals surface area contributed by atoms with E-state index in [1.165, 1.54) is 4.90 Å². The fraction of sp³-hybridized carbons (Fsp3) is 0.800. The van der Waals surface area contributed by atoms with E-state index in [9.17, 15) is 22.8 Å². The molecule has 9 heteroatoms. The highest BCUT2D eigenvalue weighted by molar-refractivity contribution is 5.77. The number of nitrogens with one attached hydrogen (secondary N) is 1. The minimum atomic E-state index is -4.45.